The number of nitrogens with zero attached hydrogens (tertiary/aromatic N) is 5. The quantitative estimate of drug-likeness (QED) is 0.623. The maximum atomic E-state index is 13.6. The fourth-order valence-electron chi connectivity index (χ4n) is 5.61. The Morgan fingerprint density at radius 3 is 2.55 bits per heavy atom. The molecule has 1 N–H and O–H groups in total. The summed E-state index contributed by atoms with van der Waals surface area (Å²) in [6, 6.07) is 3.53. The lowest BCUT2D eigenvalue weighted by Gasteiger charge is -2.49. The summed E-state index contributed by atoms with van der Waals surface area (Å²) in [5, 5.41) is 5.06. The molecule has 4 heterocycles. The molecule has 3 saturated heterocycles. The van der Waals surface area contributed by atoms with Gasteiger partial charge in [0.25, 0.3) is 6.43 Å². The number of piperidine rings is 1. The number of anilines is 2. The maximum absolute atomic E-state index is 13.6. The minimum absolute atomic E-state index is 0.0480. The van der Waals surface area contributed by atoms with Gasteiger partial charge in [-0.3, -0.25) is 4.31 Å². The molecule has 6 rings (SSSR count). The molecule has 1 aromatic heterocycles. The van der Waals surface area contributed by atoms with Crippen LogP contribution in [0.5, 0.6) is 0 Å². The van der Waals surface area contributed by atoms with Gasteiger partial charge in [0.15, 0.2) is 0 Å². The Bertz CT molecular complexity index is 1020. The Labute approximate surface area is 198 Å². The number of benzene rings is 1. The lowest BCUT2D eigenvalue weighted by atomic mass is 9.78. The Morgan fingerprint density at radius 2 is 1.88 bits per heavy atom. The van der Waals surface area contributed by atoms with Gasteiger partial charge in [0.2, 0.25) is 5.95 Å². The molecule has 1 saturated carbocycles. The van der Waals surface area contributed by atoms with E-state index in [1.54, 1.807) is 18.3 Å². The second kappa shape index (κ2) is 8.50. The van der Waals surface area contributed by atoms with Crippen LogP contribution in [0.15, 0.2) is 18.3 Å². The summed E-state index contributed by atoms with van der Waals surface area (Å²) in [4.78, 5) is 13.9. The number of aromatic nitrogens is 2. The van der Waals surface area contributed by atoms with E-state index in [4.69, 9.17) is 4.98 Å². The summed E-state index contributed by atoms with van der Waals surface area (Å²) in [6.07, 6.45) is 5.23. The third-order valence-electron chi connectivity index (χ3n) is 7.57. The zero-order chi connectivity index (χ0) is 22.6. The highest BCUT2D eigenvalue weighted by Crippen LogP contribution is 2.44. The minimum atomic E-state index is -2.50. The smallest absolute Gasteiger partial charge is 0.263 e. The van der Waals surface area contributed by atoms with Crippen LogP contribution >= 0.6 is 11.9 Å². The van der Waals surface area contributed by atoms with Gasteiger partial charge in [-0.05, 0) is 57.8 Å². The van der Waals surface area contributed by atoms with Crippen molar-refractivity contribution in [3.05, 3.63) is 23.9 Å². The highest BCUT2D eigenvalue weighted by molar-refractivity contribution is 7.97. The molecule has 3 aliphatic heterocycles. The maximum Gasteiger partial charge on any atom is 0.263 e. The largest absolute Gasteiger partial charge is 0.368 e. The molecular weight excluding hydrogens is 442 g/mol. The van der Waals surface area contributed by atoms with Gasteiger partial charge < -0.3 is 15.1 Å². The van der Waals surface area contributed by atoms with E-state index in [0.717, 1.165) is 68.6 Å². The zero-order valence-corrected chi connectivity index (χ0v) is 20.0. The molecule has 1 spiro atoms. The highest BCUT2D eigenvalue weighted by Gasteiger charge is 2.47. The standard InChI is InChI=1S/C24H32F2N6S/c1-30-9-6-24(13-30)14-31(15-24)20-11-16(22(25)26)10-17-12-27-23(29-21(17)20)28-18-4-7-32(8-5-18)33-19-2-3-19/h10-12,18-19,22H,2-9,13-15H2,1H3,(H,27,28,29). The van der Waals surface area contributed by atoms with Crippen LogP contribution in [0.3, 0.4) is 0 Å². The predicted molar refractivity (Wildman–Crippen MR) is 130 cm³/mol. The lowest BCUT2D eigenvalue weighted by Crippen LogP contribution is -2.57. The van der Waals surface area contributed by atoms with E-state index in [1.165, 1.54) is 19.3 Å². The number of fused-ring (bicyclic) bond motifs is 1. The van der Waals surface area contributed by atoms with E-state index in [0.29, 0.717) is 22.8 Å². The van der Waals surface area contributed by atoms with Crippen LogP contribution in [-0.4, -0.2) is 76.8 Å². The number of nitrogens with one attached hydrogen (secondary N) is 1. The fourth-order valence-corrected chi connectivity index (χ4v) is 6.80. The molecular formula is C24H32F2N6S. The van der Waals surface area contributed by atoms with E-state index in [-0.39, 0.29) is 5.56 Å². The van der Waals surface area contributed by atoms with Crippen LogP contribution in [0.4, 0.5) is 20.4 Å². The van der Waals surface area contributed by atoms with Crippen LogP contribution < -0.4 is 10.2 Å². The summed E-state index contributed by atoms with van der Waals surface area (Å²) >= 11 is 2.03. The Morgan fingerprint density at radius 1 is 1.09 bits per heavy atom. The molecule has 0 radical (unpaired) electrons. The zero-order valence-electron chi connectivity index (χ0n) is 19.1. The number of rotatable bonds is 6. The molecule has 1 aromatic carbocycles. The van der Waals surface area contributed by atoms with Crippen molar-refractivity contribution in [2.45, 2.75) is 49.8 Å². The van der Waals surface area contributed by atoms with Crippen molar-refractivity contribution >= 4 is 34.5 Å². The average molecular weight is 475 g/mol. The van der Waals surface area contributed by atoms with Crippen molar-refractivity contribution in [3.63, 3.8) is 0 Å². The van der Waals surface area contributed by atoms with Gasteiger partial charge in [-0.15, -0.1) is 0 Å². The summed E-state index contributed by atoms with van der Waals surface area (Å²) in [5.41, 5.74) is 1.94. The minimum Gasteiger partial charge on any atom is -0.368 e. The molecule has 0 unspecified atom stereocenters. The molecule has 0 atom stereocenters. The van der Waals surface area contributed by atoms with E-state index >= 15 is 0 Å². The van der Waals surface area contributed by atoms with Crippen molar-refractivity contribution in [2.24, 2.45) is 5.41 Å². The Kier molecular flexibility index (Phi) is 5.62. The first-order valence-corrected chi connectivity index (χ1v) is 13.0. The van der Waals surface area contributed by atoms with Crippen LogP contribution in [0.25, 0.3) is 10.9 Å². The van der Waals surface area contributed by atoms with Gasteiger partial charge in [0.1, 0.15) is 0 Å². The average Bonchev–Trinajstić information content (AvgIpc) is 3.51. The summed E-state index contributed by atoms with van der Waals surface area (Å²) < 4.78 is 29.8. The molecule has 2 aromatic rings. The lowest BCUT2D eigenvalue weighted by molar-refractivity contribution is 0.151. The van der Waals surface area contributed by atoms with E-state index in [9.17, 15) is 8.78 Å². The van der Waals surface area contributed by atoms with E-state index in [2.05, 4.69) is 31.5 Å². The van der Waals surface area contributed by atoms with Gasteiger partial charge in [-0.1, -0.05) is 11.9 Å². The van der Waals surface area contributed by atoms with Gasteiger partial charge in [0.05, 0.1) is 11.2 Å². The Balaban J connectivity index is 1.20. The number of likely N-dealkylation sites (tertiary alicyclic amines) is 1. The number of hydrogen-bond acceptors (Lipinski definition) is 7. The molecule has 4 aliphatic rings. The molecule has 1 aliphatic carbocycles. The van der Waals surface area contributed by atoms with Gasteiger partial charge in [-0.2, -0.15) is 0 Å². The number of alkyl halides is 2. The van der Waals surface area contributed by atoms with Crippen LogP contribution in [0.1, 0.15) is 44.1 Å². The SMILES string of the molecule is CN1CCC2(C1)CN(c1cc(C(F)F)cc3cnc(NC4CCN(SC5CC5)CC4)nc13)C2. The number of halogens is 2. The summed E-state index contributed by atoms with van der Waals surface area (Å²) in [5.74, 6) is 0.609. The topological polar surface area (TPSA) is 47.5 Å². The van der Waals surface area contributed by atoms with Crippen molar-refractivity contribution < 1.29 is 8.78 Å². The van der Waals surface area contributed by atoms with Crippen LogP contribution in [-0.2, 0) is 0 Å². The second-order valence-corrected chi connectivity index (χ2v) is 11.9. The second-order valence-electron chi connectivity index (χ2n) is 10.5. The van der Waals surface area contributed by atoms with Gasteiger partial charge in [-0.25, -0.2) is 18.7 Å². The Hall–Kier alpha value is -1.71. The van der Waals surface area contributed by atoms with E-state index < -0.39 is 6.43 Å². The van der Waals surface area contributed by atoms with Crippen molar-refractivity contribution in [1.29, 1.82) is 0 Å². The molecule has 33 heavy (non-hydrogen) atoms. The highest BCUT2D eigenvalue weighted by atomic mass is 32.2. The van der Waals surface area contributed by atoms with E-state index in [1.807, 2.05) is 11.9 Å². The normalized spacial score (nSPS) is 24.2. The first-order chi connectivity index (χ1) is 16.0. The molecule has 178 valence electrons. The monoisotopic (exact) mass is 474 g/mol. The molecule has 0 bridgehead atoms. The molecule has 0 amide bonds. The van der Waals surface area contributed by atoms with Crippen molar-refractivity contribution in [1.82, 2.24) is 19.2 Å². The van der Waals surface area contributed by atoms with Gasteiger partial charge >= 0.3 is 0 Å². The van der Waals surface area contributed by atoms with Crippen molar-refractivity contribution in [3.8, 4) is 0 Å². The third-order valence-corrected chi connectivity index (χ3v) is 9.00. The van der Waals surface area contributed by atoms with Gasteiger partial charge in [0, 0.05) is 66.6 Å². The van der Waals surface area contributed by atoms with Crippen LogP contribution in [0.2, 0.25) is 0 Å². The third kappa shape index (κ3) is 4.51. The summed E-state index contributed by atoms with van der Waals surface area (Å²) in [7, 11) is 2.16. The molecule has 9 heteroatoms. The first kappa shape index (κ1) is 21.8. The van der Waals surface area contributed by atoms with Crippen molar-refractivity contribution in [2.75, 3.05) is 56.5 Å². The summed E-state index contributed by atoms with van der Waals surface area (Å²) in [6.45, 7) is 6.17. The fraction of sp³-hybridized carbons (Fsp3) is 0.667. The molecule has 6 nitrogen and oxygen atoms in total. The van der Waals surface area contributed by atoms with Crippen LogP contribution in [0, 0.1) is 5.41 Å². The molecule has 4 fully saturated rings. The predicted octanol–water partition coefficient (Wildman–Crippen LogP) is 4.40. The number of hydrogen-bond donors (Lipinski definition) is 1. The first-order valence-electron chi connectivity index (χ1n) is 12.2.